The second-order valence-corrected chi connectivity index (χ2v) is 8.46. The van der Waals surface area contributed by atoms with Gasteiger partial charge in [0.25, 0.3) is 0 Å². The zero-order valence-corrected chi connectivity index (χ0v) is 18.2. The molecule has 1 atom stereocenters. The van der Waals surface area contributed by atoms with E-state index in [0.717, 1.165) is 42.8 Å². The van der Waals surface area contributed by atoms with Crippen LogP contribution in [-0.2, 0) is 9.53 Å². The Kier molecular flexibility index (Phi) is 7.97. The fourth-order valence-electron chi connectivity index (χ4n) is 3.33. The molecule has 1 saturated heterocycles. The average molecular weight is 419 g/mol. The van der Waals surface area contributed by atoms with Crippen LogP contribution in [-0.4, -0.2) is 72.1 Å². The molecule has 1 N–H and O–H groups in total. The Hall–Kier alpha value is -2.03. The van der Waals surface area contributed by atoms with E-state index < -0.39 is 0 Å². The van der Waals surface area contributed by atoms with Gasteiger partial charge in [-0.1, -0.05) is 25.6 Å². The Bertz CT molecular complexity index is 778. The summed E-state index contributed by atoms with van der Waals surface area (Å²) in [5.41, 5.74) is 0.979. The second-order valence-electron chi connectivity index (χ2n) is 7.52. The zero-order valence-electron chi connectivity index (χ0n) is 17.3. The molecule has 1 unspecified atom stereocenters. The van der Waals surface area contributed by atoms with Gasteiger partial charge in [-0.05, 0) is 30.2 Å². The van der Waals surface area contributed by atoms with Crippen LogP contribution in [0.2, 0.25) is 0 Å². The summed E-state index contributed by atoms with van der Waals surface area (Å²) >= 11 is 1.42. The van der Waals surface area contributed by atoms with Crippen LogP contribution in [0.4, 0.5) is 0 Å². The molecule has 2 aromatic rings. The van der Waals surface area contributed by atoms with Crippen molar-refractivity contribution in [2.24, 2.45) is 5.92 Å². The van der Waals surface area contributed by atoms with E-state index in [4.69, 9.17) is 9.47 Å². The lowest BCUT2D eigenvalue weighted by atomic mass is 10.2. The van der Waals surface area contributed by atoms with Crippen LogP contribution < -0.4 is 10.1 Å². The van der Waals surface area contributed by atoms with E-state index in [1.165, 1.54) is 11.8 Å². The van der Waals surface area contributed by atoms with Gasteiger partial charge in [0.15, 0.2) is 5.16 Å². The molecule has 0 spiro atoms. The summed E-state index contributed by atoms with van der Waals surface area (Å²) in [5.74, 6) is 1.74. The topological polar surface area (TPSA) is 68.6 Å². The Morgan fingerprint density at radius 3 is 2.90 bits per heavy atom. The van der Waals surface area contributed by atoms with Crippen molar-refractivity contribution in [2.45, 2.75) is 25.1 Å². The van der Waals surface area contributed by atoms with Crippen LogP contribution >= 0.6 is 11.8 Å². The largest absolute Gasteiger partial charge is 0.497 e. The van der Waals surface area contributed by atoms with E-state index in [1.807, 2.05) is 35.0 Å². The molecular formula is C21H30N4O3S. The van der Waals surface area contributed by atoms with Crippen molar-refractivity contribution in [1.29, 1.82) is 0 Å². The van der Waals surface area contributed by atoms with E-state index in [-0.39, 0.29) is 12.0 Å². The molecule has 0 bridgehead atoms. The molecule has 0 saturated carbocycles. The van der Waals surface area contributed by atoms with Crippen LogP contribution in [0.25, 0.3) is 5.69 Å². The fourth-order valence-corrected chi connectivity index (χ4v) is 4.13. The summed E-state index contributed by atoms with van der Waals surface area (Å²) < 4.78 is 13.0. The summed E-state index contributed by atoms with van der Waals surface area (Å²) in [6.07, 6.45) is 3.68. The van der Waals surface area contributed by atoms with E-state index in [0.29, 0.717) is 18.2 Å². The summed E-state index contributed by atoms with van der Waals surface area (Å²) in [6.45, 7) is 8.61. The first-order valence-corrected chi connectivity index (χ1v) is 10.9. The third-order valence-electron chi connectivity index (χ3n) is 4.66. The summed E-state index contributed by atoms with van der Waals surface area (Å²) in [5, 5.41) is 3.78. The number of benzene rings is 1. The molecule has 1 aromatic heterocycles. The standard InChI is InChI=1S/C21H30N4O3S/c1-16(2)13-24-10-11-28-19(14-24)12-23-20(26)15-29-21-22-8-9-25(21)17-4-6-18(27-3)7-5-17/h4-9,16,19H,10-15H2,1-3H3,(H,23,26). The van der Waals surface area contributed by atoms with Crippen molar-refractivity contribution in [1.82, 2.24) is 19.8 Å². The first-order valence-electron chi connectivity index (χ1n) is 9.96. The Labute approximate surface area is 176 Å². The second kappa shape index (κ2) is 10.7. The number of aromatic nitrogens is 2. The number of morpholine rings is 1. The number of hydrogen-bond acceptors (Lipinski definition) is 6. The van der Waals surface area contributed by atoms with Gasteiger partial charge in [-0.3, -0.25) is 14.3 Å². The van der Waals surface area contributed by atoms with Gasteiger partial charge in [-0.25, -0.2) is 4.98 Å². The van der Waals surface area contributed by atoms with Crippen molar-refractivity contribution in [3.05, 3.63) is 36.7 Å². The molecule has 29 heavy (non-hydrogen) atoms. The molecule has 7 nitrogen and oxygen atoms in total. The van der Waals surface area contributed by atoms with Gasteiger partial charge in [0.2, 0.25) is 5.91 Å². The highest BCUT2D eigenvalue weighted by atomic mass is 32.2. The number of methoxy groups -OCH3 is 1. The molecule has 1 amide bonds. The van der Waals surface area contributed by atoms with Crippen molar-refractivity contribution < 1.29 is 14.3 Å². The molecule has 0 aliphatic carbocycles. The van der Waals surface area contributed by atoms with Gasteiger partial charge in [0.1, 0.15) is 5.75 Å². The maximum absolute atomic E-state index is 12.3. The molecule has 1 aromatic carbocycles. The van der Waals surface area contributed by atoms with E-state index in [1.54, 1.807) is 13.3 Å². The summed E-state index contributed by atoms with van der Waals surface area (Å²) in [6, 6.07) is 7.74. The van der Waals surface area contributed by atoms with Crippen molar-refractivity contribution >= 4 is 17.7 Å². The third-order valence-corrected chi connectivity index (χ3v) is 5.63. The molecule has 1 aliphatic rings. The normalized spacial score (nSPS) is 17.4. The number of nitrogens with one attached hydrogen (secondary N) is 1. The molecule has 158 valence electrons. The summed E-state index contributed by atoms with van der Waals surface area (Å²) in [4.78, 5) is 19.1. The van der Waals surface area contributed by atoms with Crippen molar-refractivity contribution in [3.8, 4) is 11.4 Å². The van der Waals surface area contributed by atoms with E-state index >= 15 is 0 Å². The quantitative estimate of drug-likeness (QED) is 0.631. The van der Waals surface area contributed by atoms with Gasteiger partial charge in [0, 0.05) is 44.3 Å². The number of rotatable bonds is 9. The number of imidazole rings is 1. The molecule has 0 radical (unpaired) electrons. The minimum absolute atomic E-state index is 0.0103. The maximum Gasteiger partial charge on any atom is 0.230 e. The molecule has 1 aliphatic heterocycles. The number of carbonyl (C=O) groups is 1. The average Bonchev–Trinajstić information content (AvgIpc) is 3.19. The number of thioether (sulfide) groups is 1. The van der Waals surface area contributed by atoms with Gasteiger partial charge in [-0.2, -0.15) is 0 Å². The minimum Gasteiger partial charge on any atom is -0.497 e. The van der Waals surface area contributed by atoms with Crippen LogP contribution in [0.1, 0.15) is 13.8 Å². The first kappa shape index (κ1) is 21.7. The van der Waals surface area contributed by atoms with Crippen molar-refractivity contribution in [3.63, 3.8) is 0 Å². The van der Waals surface area contributed by atoms with E-state index in [2.05, 4.69) is 29.0 Å². The molecule has 2 heterocycles. The van der Waals surface area contributed by atoms with Crippen LogP contribution in [0.5, 0.6) is 5.75 Å². The fraction of sp³-hybridized carbons (Fsp3) is 0.524. The van der Waals surface area contributed by atoms with Crippen LogP contribution in [0.15, 0.2) is 41.8 Å². The highest BCUT2D eigenvalue weighted by molar-refractivity contribution is 7.99. The van der Waals surface area contributed by atoms with Gasteiger partial charge in [-0.15, -0.1) is 0 Å². The van der Waals surface area contributed by atoms with Gasteiger partial charge < -0.3 is 14.8 Å². The SMILES string of the molecule is COc1ccc(-n2ccnc2SCC(=O)NCC2CN(CC(C)C)CCO2)cc1. The minimum atomic E-state index is -0.0103. The first-order chi connectivity index (χ1) is 14.0. The lowest BCUT2D eigenvalue weighted by molar-refractivity contribution is -0.119. The van der Waals surface area contributed by atoms with Crippen LogP contribution in [0, 0.1) is 5.92 Å². The molecule has 3 rings (SSSR count). The van der Waals surface area contributed by atoms with Crippen molar-refractivity contribution in [2.75, 3.05) is 45.6 Å². The molecule has 8 heteroatoms. The van der Waals surface area contributed by atoms with Crippen LogP contribution in [0.3, 0.4) is 0 Å². The Morgan fingerprint density at radius 2 is 2.17 bits per heavy atom. The predicted octanol–water partition coefficient (Wildman–Crippen LogP) is 2.45. The number of nitrogens with zero attached hydrogens (tertiary/aromatic N) is 3. The predicted molar refractivity (Wildman–Crippen MR) is 115 cm³/mol. The Morgan fingerprint density at radius 1 is 1.38 bits per heavy atom. The number of hydrogen-bond donors (Lipinski definition) is 1. The maximum atomic E-state index is 12.3. The lowest BCUT2D eigenvalue weighted by Gasteiger charge is -2.33. The van der Waals surface area contributed by atoms with Gasteiger partial charge >= 0.3 is 0 Å². The summed E-state index contributed by atoms with van der Waals surface area (Å²) in [7, 11) is 1.65. The highest BCUT2D eigenvalue weighted by Crippen LogP contribution is 2.22. The smallest absolute Gasteiger partial charge is 0.230 e. The zero-order chi connectivity index (χ0) is 20.6. The monoisotopic (exact) mass is 418 g/mol. The highest BCUT2D eigenvalue weighted by Gasteiger charge is 2.21. The molecule has 1 fully saturated rings. The van der Waals surface area contributed by atoms with Gasteiger partial charge in [0.05, 0.1) is 25.6 Å². The number of ether oxygens (including phenoxy) is 2. The number of carbonyl (C=O) groups excluding carboxylic acids is 1. The lowest BCUT2D eigenvalue weighted by Crippen LogP contribution is -2.48. The Balaban J connectivity index is 1.46. The molecular weight excluding hydrogens is 388 g/mol. The number of amides is 1. The van der Waals surface area contributed by atoms with E-state index in [9.17, 15) is 4.79 Å². The third kappa shape index (κ3) is 6.48.